The average Bonchev–Trinajstić information content (AvgIpc) is 3.11. The molecule has 3 aromatic rings. The highest BCUT2D eigenvalue weighted by Crippen LogP contribution is 2.32. The molecule has 1 aliphatic carbocycles. The van der Waals surface area contributed by atoms with Crippen LogP contribution in [-0.4, -0.2) is 45.0 Å². The van der Waals surface area contributed by atoms with E-state index >= 15 is 0 Å². The van der Waals surface area contributed by atoms with Crippen LogP contribution in [0.25, 0.3) is 21.6 Å². The van der Waals surface area contributed by atoms with Crippen molar-refractivity contribution < 1.29 is 19.4 Å². The largest absolute Gasteiger partial charge is 0.390 e. The minimum atomic E-state index is -4.29. The molecule has 0 spiro atoms. The van der Waals surface area contributed by atoms with Crippen LogP contribution >= 0.6 is 11.3 Å². The zero-order chi connectivity index (χ0) is 19.0. The van der Waals surface area contributed by atoms with Crippen LogP contribution in [0.2, 0.25) is 0 Å². The Hall–Kier alpha value is -2.42. The second kappa shape index (κ2) is 6.95. The third kappa shape index (κ3) is 4.13. The Labute approximate surface area is 158 Å². The Morgan fingerprint density at radius 1 is 1.37 bits per heavy atom. The van der Waals surface area contributed by atoms with Gasteiger partial charge in [0.15, 0.2) is 0 Å². The lowest BCUT2D eigenvalue weighted by Crippen LogP contribution is -2.36. The summed E-state index contributed by atoms with van der Waals surface area (Å²) in [6, 6.07) is 3.69. The predicted octanol–water partition coefficient (Wildman–Crippen LogP) is 4.74. The average molecular weight is 396 g/mol. The van der Waals surface area contributed by atoms with Crippen LogP contribution in [-0.2, 0) is 0 Å². The van der Waals surface area contributed by atoms with Gasteiger partial charge in [0.2, 0.25) is 0 Å². The maximum Gasteiger partial charge on any atom is 0.390 e. The zero-order valence-corrected chi connectivity index (χ0v) is 15.1. The second-order valence-corrected chi connectivity index (χ2v) is 7.55. The molecule has 3 aromatic heterocycles. The van der Waals surface area contributed by atoms with E-state index in [1.807, 2.05) is 12.1 Å². The normalized spacial score (nSPS) is 14.6. The molecule has 27 heavy (non-hydrogen) atoms. The number of rotatable bonds is 6. The van der Waals surface area contributed by atoms with Gasteiger partial charge in [-0.25, -0.2) is 9.97 Å². The van der Waals surface area contributed by atoms with Gasteiger partial charge in [-0.1, -0.05) is 0 Å². The number of alkyl halides is 3. The maximum absolute atomic E-state index is 12.8. The van der Waals surface area contributed by atoms with Gasteiger partial charge >= 0.3 is 6.18 Å². The van der Waals surface area contributed by atoms with Gasteiger partial charge in [-0.3, -0.25) is 4.79 Å². The number of hydrogen-bond donors (Lipinski definition) is 1. The summed E-state index contributed by atoms with van der Waals surface area (Å²) in [5.74, 6) is -0.131. The summed E-state index contributed by atoms with van der Waals surface area (Å²) >= 11 is 1.30. The molecule has 3 heterocycles. The fraction of sp³-hybridized carbons (Fsp3) is 0.389. The summed E-state index contributed by atoms with van der Waals surface area (Å²) in [7, 11) is 0. The maximum atomic E-state index is 12.8. The lowest BCUT2D eigenvalue weighted by atomic mass is 10.2. The summed E-state index contributed by atoms with van der Waals surface area (Å²) in [6.07, 6.45) is 0.0549. The third-order valence-corrected chi connectivity index (χ3v) is 5.42. The van der Waals surface area contributed by atoms with E-state index in [4.69, 9.17) is 0 Å². The van der Waals surface area contributed by atoms with Gasteiger partial charge in [-0.05, 0) is 30.9 Å². The van der Waals surface area contributed by atoms with Crippen molar-refractivity contribution in [3.8, 4) is 10.6 Å². The number of pyridine rings is 1. The van der Waals surface area contributed by atoms with E-state index in [0.717, 1.165) is 29.4 Å². The molecule has 144 valence electrons. The van der Waals surface area contributed by atoms with Gasteiger partial charge in [-0.2, -0.15) is 13.2 Å². The van der Waals surface area contributed by atoms with Crippen LogP contribution in [0, 0.1) is 5.92 Å². The first-order chi connectivity index (χ1) is 12.9. The minimum Gasteiger partial charge on any atom is -0.346 e. The molecule has 1 aliphatic rings. The third-order valence-electron chi connectivity index (χ3n) is 4.54. The number of H-pyrrole nitrogens is 1. The molecular formula is C18H19F3N4OS. The molecule has 4 rings (SSSR count). The van der Waals surface area contributed by atoms with Crippen LogP contribution < -0.4 is 0 Å². The summed E-state index contributed by atoms with van der Waals surface area (Å²) in [6.45, 7) is 0.0299. The first kappa shape index (κ1) is 18.0. The molecule has 1 fully saturated rings. The van der Waals surface area contributed by atoms with Crippen LogP contribution in [0.15, 0.2) is 29.9 Å². The van der Waals surface area contributed by atoms with E-state index in [1.54, 1.807) is 17.8 Å². The van der Waals surface area contributed by atoms with Gasteiger partial charge in [0.05, 0.1) is 6.42 Å². The van der Waals surface area contributed by atoms with Crippen molar-refractivity contribution in [1.29, 1.82) is 0 Å². The molecular weight excluding hydrogens is 377 g/mol. The molecule has 5 nitrogen and oxygen atoms in total. The number of aromatic amines is 1. The molecule has 1 amide bonds. The number of carbonyl (C=O) groups is 1. The van der Waals surface area contributed by atoms with Crippen LogP contribution in [0.4, 0.5) is 13.2 Å². The monoisotopic (exact) mass is 396 g/mol. The van der Waals surface area contributed by atoms with E-state index in [-0.39, 0.29) is 13.7 Å². The highest BCUT2D eigenvalue weighted by molar-refractivity contribution is 7.13. The van der Waals surface area contributed by atoms with Crippen molar-refractivity contribution in [3.05, 3.63) is 35.6 Å². The van der Waals surface area contributed by atoms with E-state index in [2.05, 4.69) is 15.0 Å². The summed E-state index contributed by atoms with van der Waals surface area (Å²) < 4.78 is 37.9. The summed E-state index contributed by atoms with van der Waals surface area (Å²) in [5, 5.41) is 3.15. The Bertz CT molecular complexity index is 967. The highest BCUT2D eigenvalue weighted by Gasteiger charge is 2.33. The fourth-order valence-electron chi connectivity index (χ4n) is 2.95. The van der Waals surface area contributed by atoms with E-state index in [0.29, 0.717) is 17.5 Å². The van der Waals surface area contributed by atoms with Crippen molar-refractivity contribution in [2.45, 2.75) is 25.4 Å². The van der Waals surface area contributed by atoms with Gasteiger partial charge in [0, 0.05) is 43.2 Å². The number of hydrogen-bond acceptors (Lipinski definition) is 4. The van der Waals surface area contributed by atoms with E-state index in [1.165, 1.54) is 16.2 Å². The minimum absolute atomic E-state index is 0. The van der Waals surface area contributed by atoms with Crippen molar-refractivity contribution >= 4 is 28.3 Å². The molecule has 0 aromatic carbocycles. The number of halogens is 3. The predicted molar refractivity (Wildman–Crippen MR) is 98.6 cm³/mol. The van der Waals surface area contributed by atoms with Gasteiger partial charge in [0.25, 0.3) is 5.91 Å². The second-order valence-electron chi connectivity index (χ2n) is 6.70. The quantitative estimate of drug-likeness (QED) is 0.655. The number of nitrogens with one attached hydrogen (secondary N) is 1. The molecule has 1 N–H and O–H groups in total. The van der Waals surface area contributed by atoms with Crippen molar-refractivity contribution in [3.63, 3.8) is 0 Å². The van der Waals surface area contributed by atoms with Crippen molar-refractivity contribution in [2.75, 3.05) is 13.1 Å². The van der Waals surface area contributed by atoms with Crippen LogP contribution in [0.5, 0.6) is 0 Å². The molecule has 0 bridgehead atoms. The van der Waals surface area contributed by atoms with Gasteiger partial charge in [-0.15, -0.1) is 11.3 Å². The standard InChI is InChI=1S/C18H17F3N4OS.H2/c19-18(20,21)5-8-25(9-11-1-2-11)17(26)14-10-27-16(24-14)13-4-7-23-15-12(13)3-6-22-15;/h3-4,6-7,10-11H,1-2,5,8-9H2,(H,22,23);1H. The molecule has 1 saturated carbocycles. The Morgan fingerprint density at radius 2 is 2.19 bits per heavy atom. The molecule has 0 atom stereocenters. The van der Waals surface area contributed by atoms with Crippen molar-refractivity contribution in [2.24, 2.45) is 5.92 Å². The fourth-order valence-corrected chi connectivity index (χ4v) is 3.79. The van der Waals surface area contributed by atoms with E-state index in [9.17, 15) is 18.0 Å². The van der Waals surface area contributed by atoms with Gasteiger partial charge in [0.1, 0.15) is 16.3 Å². The molecule has 0 saturated heterocycles. The number of nitrogens with zero attached hydrogens (tertiary/aromatic N) is 3. The first-order valence-corrected chi connectivity index (χ1v) is 9.53. The smallest absolute Gasteiger partial charge is 0.346 e. The van der Waals surface area contributed by atoms with E-state index < -0.39 is 18.5 Å². The molecule has 0 unspecified atom stereocenters. The lowest BCUT2D eigenvalue weighted by Gasteiger charge is -2.22. The molecule has 9 heteroatoms. The summed E-state index contributed by atoms with van der Waals surface area (Å²) in [5.41, 5.74) is 1.75. The molecule has 0 radical (unpaired) electrons. The number of carbonyl (C=O) groups excluding carboxylic acids is 1. The van der Waals surface area contributed by atoms with Crippen molar-refractivity contribution in [1.82, 2.24) is 19.9 Å². The summed E-state index contributed by atoms with van der Waals surface area (Å²) in [4.78, 5) is 25.7. The number of thiazole rings is 1. The Kier molecular flexibility index (Phi) is 4.63. The number of fused-ring (bicyclic) bond motifs is 1. The van der Waals surface area contributed by atoms with Crippen LogP contribution in [0.3, 0.4) is 0 Å². The van der Waals surface area contributed by atoms with Gasteiger partial charge < -0.3 is 9.88 Å². The number of aromatic nitrogens is 3. The molecule has 0 aliphatic heterocycles. The topological polar surface area (TPSA) is 61.9 Å². The Morgan fingerprint density at radius 3 is 2.93 bits per heavy atom. The highest BCUT2D eigenvalue weighted by atomic mass is 32.1. The zero-order valence-electron chi connectivity index (χ0n) is 14.3. The number of amides is 1. The lowest BCUT2D eigenvalue weighted by molar-refractivity contribution is -0.136. The van der Waals surface area contributed by atoms with Crippen LogP contribution in [0.1, 0.15) is 31.2 Å². The Balaban J connectivity index is 0.00000225. The SMILES string of the molecule is O=C(c1csc(-c2ccnc3[nH]ccc23)n1)N(CCC(F)(F)F)CC1CC1.[HH]. The first-order valence-electron chi connectivity index (χ1n) is 8.65.